The first-order valence-electron chi connectivity index (χ1n) is 7.67. The number of ketones is 1. The number of nitrogens with zero attached hydrogens (tertiary/aromatic N) is 1. The fourth-order valence-corrected chi connectivity index (χ4v) is 2.46. The van der Waals surface area contributed by atoms with Crippen LogP contribution in [0.3, 0.4) is 0 Å². The molecule has 2 fully saturated rings. The van der Waals surface area contributed by atoms with Crippen molar-refractivity contribution in [3.05, 3.63) is 30.1 Å². The number of piperidine rings is 2. The largest absolute Gasteiger partial charge is 0.356 e. The van der Waals surface area contributed by atoms with E-state index >= 15 is 0 Å². The van der Waals surface area contributed by atoms with Gasteiger partial charge < -0.3 is 10.6 Å². The molecule has 22 heavy (non-hydrogen) atoms. The van der Waals surface area contributed by atoms with E-state index < -0.39 is 5.92 Å². The van der Waals surface area contributed by atoms with E-state index in [2.05, 4.69) is 15.6 Å². The zero-order chi connectivity index (χ0) is 15.8. The average molecular weight is 303 g/mol. The van der Waals surface area contributed by atoms with Crippen molar-refractivity contribution in [1.82, 2.24) is 15.6 Å². The van der Waals surface area contributed by atoms with Crippen LogP contribution in [0.4, 0.5) is 0 Å². The number of hydrogen-bond acceptors (Lipinski definition) is 4. The number of pyridine rings is 1. The smallest absolute Gasteiger partial charge is 0.230 e. The Bertz CT molecular complexity index is 523. The monoisotopic (exact) mass is 303 g/mol. The van der Waals surface area contributed by atoms with Crippen molar-refractivity contribution in [3.8, 4) is 0 Å². The molecule has 0 saturated carbocycles. The van der Waals surface area contributed by atoms with Gasteiger partial charge in [0.25, 0.3) is 0 Å². The highest BCUT2D eigenvalue weighted by atomic mass is 16.2. The predicted octanol–water partition coefficient (Wildman–Crippen LogP) is 1.08. The molecule has 6 heteroatoms. The van der Waals surface area contributed by atoms with E-state index in [4.69, 9.17) is 0 Å². The van der Waals surface area contributed by atoms with Gasteiger partial charge >= 0.3 is 0 Å². The molecular formula is C16H21N3O3. The zero-order valence-electron chi connectivity index (χ0n) is 12.5. The molecule has 3 heterocycles. The van der Waals surface area contributed by atoms with Crippen LogP contribution in [-0.2, 0) is 9.59 Å². The molecule has 1 atom stereocenters. The summed E-state index contributed by atoms with van der Waals surface area (Å²) in [5, 5.41) is 5.45. The first-order chi connectivity index (χ1) is 10.7. The third-order valence-corrected chi connectivity index (χ3v) is 3.70. The van der Waals surface area contributed by atoms with Crippen LogP contribution >= 0.6 is 0 Å². The second-order valence-corrected chi connectivity index (χ2v) is 5.40. The van der Waals surface area contributed by atoms with Gasteiger partial charge in [-0.05, 0) is 37.8 Å². The van der Waals surface area contributed by atoms with Gasteiger partial charge in [0.2, 0.25) is 11.8 Å². The van der Waals surface area contributed by atoms with Gasteiger partial charge in [-0.2, -0.15) is 0 Å². The molecule has 0 spiro atoms. The van der Waals surface area contributed by atoms with E-state index in [1.165, 1.54) is 6.20 Å². The Morgan fingerprint density at radius 2 is 1.95 bits per heavy atom. The number of Topliss-reactive ketones (excluding diaryl/α,β-unsaturated/α-hetero) is 1. The maximum atomic E-state index is 11.9. The van der Waals surface area contributed by atoms with Crippen LogP contribution in [0.25, 0.3) is 0 Å². The van der Waals surface area contributed by atoms with Crippen LogP contribution in [0, 0.1) is 5.92 Å². The van der Waals surface area contributed by atoms with Crippen molar-refractivity contribution in [2.75, 3.05) is 13.1 Å². The van der Waals surface area contributed by atoms with E-state index in [-0.39, 0.29) is 17.6 Å². The quantitative estimate of drug-likeness (QED) is 0.632. The number of carbonyl (C=O) groups is 3. The van der Waals surface area contributed by atoms with Crippen molar-refractivity contribution in [2.45, 2.75) is 32.1 Å². The SMILES string of the molecule is O=C1CCCCN1.O=C1NCCCC1C(=O)c1cccnc1. The Kier molecular flexibility index (Phi) is 6.06. The molecule has 6 nitrogen and oxygen atoms in total. The second kappa shape index (κ2) is 8.26. The lowest BCUT2D eigenvalue weighted by Crippen LogP contribution is -2.40. The highest BCUT2D eigenvalue weighted by Crippen LogP contribution is 2.16. The lowest BCUT2D eigenvalue weighted by Gasteiger charge is -2.20. The maximum absolute atomic E-state index is 11.9. The molecule has 1 aromatic rings. The van der Waals surface area contributed by atoms with E-state index in [1.807, 2.05) is 0 Å². The third kappa shape index (κ3) is 4.65. The van der Waals surface area contributed by atoms with Gasteiger partial charge in [0.1, 0.15) is 5.92 Å². The molecule has 2 amide bonds. The van der Waals surface area contributed by atoms with Gasteiger partial charge in [0.05, 0.1) is 0 Å². The molecule has 2 aliphatic heterocycles. The van der Waals surface area contributed by atoms with Crippen molar-refractivity contribution in [2.24, 2.45) is 5.92 Å². The summed E-state index contributed by atoms with van der Waals surface area (Å²) in [6, 6.07) is 3.39. The van der Waals surface area contributed by atoms with Crippen LogP contribution in [0.2, 0.25) is 0 Å². The molecule has 2 N–H and O–H groups in total. The Morgan fingerprint density at radius 1 is 1.14 bits per heavy atom. The van der Waals surface area contributed by atoms with Gasteiger partial charge in [-0.15, -0.1) is 0 Å². The lowest BCUT2D eigenvalue weighted by molar-refractivity contribution is -0.125. The van der Waals surface area contributed by atoms with Crippen molar-refractivity contribution in [3.63, 3.8) is 0 Å². The lowest BCUT2D eigenvalue weighted by atomic mass is 9.91. The number of aromatic nitrogens is 1. The minimum Gasteiger partial charge on any atom is -0.356 e. The van der Waals surface area contributed by atoms with Crippen LogP contribution in [-0.4, -0.2) is 35.7 Å². The van der Waals surface area contributed by atoms with Crippen molar-refractivity contribution < 1.29 is 14.4 Å². The third-order valence-electron chi connectivity index (χ3n) is 3.70. The molecule has 0 aliphatic carbocycles. The molecular weight excluding hydrogens is 282 g/mol. The fraction of sp³-hybridized carbons (Fsp3) is 0.500. The Labute approximate surface area is 129 Å². The Morgan fingerprint density at radius 3 is 2.50 bits per heavy atom. The Balaban J connectivity index is 0.000000211. The molecule has 1 unspecified atom stereocenters. The highest BCUT2D eigenvalue weighted by Gasteiger charge is 2.29. The van der Waals surface area contributed by atoms with E-state index in [0.717, 1.165) is 32.2 Å². The van der Waals surface area contributed by atoms with Gasteiger partial charge in [0, 0.05) is 37.5 Å². The standard InChI is InChI=1S/C11H12N2O2.C5H9NO/c14-10(8-3-1-5-12-7-8)9-4-2-6-13-11(9)15;7-5-3-1-2-4-6-5/h1,3,5,7,9H,2,4,6H2,(H,13,15);1-4H2,(H,6,7). The zero-order valence-corrected chi connectivity index (χ0v) is 12.5. The number of nitrogens with one attached hydrogen (secondary N) is 2. The topological polar surface area (TPSA) is 88.2 Å². The van der Waals surface area contributed by atoms with Gasteiger partial charge in [-0.3, -0.25) is 19.4 Å². The Hall–Kier alpha value is -2.24. The summed E-state index contributed by atoms with van der Waals surface area (Å²) in [5.74, 6) is -0.593. The molecule has 0 bridgehead atoms. The minimum absolute atomic E-state index is 0.125. The average Bonchev–Trinajstić information content (AvgIpc) is 2.57. The number of carbonyl (C=O) groups excluding carboxylic acids is 3. The van der Waals surface area contributed by atoms with Gasteiger partial charge in [-0.25, -0.2) is 0 Å². The van der Waals surface area contributed by atoms with Crippen LogP contribution < -0.4 is 10.6 Å². The molecule has 2 aliphatic rings. The summed E-state index contributed by atoms with van der Waals surface area (Å²) < 4.78 is 0. The molecule has 3 rings (SSSR count). The van der Waals surface area contributed by atoms with E-state index in [9.17, 15) is 14.4 Å². The summed E-state index contributed by atoms with van der Waals surface area (Å²) in [6.45, 7) is 1.56. The minimum atomic E-state index is -0.525. The summed E-state index contributed by atoms with van der Waals surface area (Å²) in [4.78, 5) is 37.6. The maximum Gasteiger partial charge on any atom is 0.230 e. The number of hydrogen-bond donors (Lipinski definition) is 2. The van der Waals surface area contributed by atoms with Gasteiger partial charge in [0.15, 0.2) is 5.78 Å². The molecule has 118 valence electrons. The van der Waals surface area contributed by atoms with Crippen molar-refractivity contribution >= 4 is 17.6 Å². The molecule has 0 radical (unpaired) electrons. The van der Waals surface area contributed by atoms with Crippen LogP contribution in [0.1, 0.15) is 42.5 Å². The van der Waals surface area contributed by atoms with Crippen LogP contribution in [0.5, 0.6) is 0 Å². The first-order valence-corrected chi connectivity index (χ1v) is 7.67. The number of rotatable bonds is 2. The highest BCUT2D eigenvalue weighted by molar-refractivity contribution is 6.10. The first kappa shape index (κ1) is 16.1. The second-order valence-electron chi connectivity index (χ2n) is 5.40. The summed E-state index contributed by atoms with van der Waals surface area (Å²) in [7, 11) is 0. The summed E-state index contributed by atoms with van der Waals surface area (Å²) >= 11 is 0. The fourth-order valence-electron chi connectivity index (χ4n) is 2.46. The number of amides is 2. The van der Waals surface area contributed by atoms with Crippen LogP contribution in [0.15, 0.2) is 24.5 Å². The molecule has 0 aromatic carbocycles. The van der Waals surface area contributed by atoms with Gasteiger partial charge in [-0.1, -0.05) is 0 Å². The van der Waals surface area contributed by atoms with E-state index in [1.54, 1.807) is 18.3 Å². The van der Waals surface area contributed by atoms with Crippen molar-refractivity contribution in [1.29, 1.82) is 0 Å². The molecule has 2 saturated heterocycles. The summed E-state index contributed by atoms with van der Waals surface area (Å²) in [6.07, 6.45) is 7.58. The predicted molar refractivity (Wildman–Crippen MR) is 81.2 cm³/mol. The summed E-state index contributed by atoms with van der Waals surface area (Å²) in [5.41, 5.74) is 0.513. The normalized spacial score (nSPS) is 21.0. The van der Waals surface area contributed by atoms with E-state index in [0.29, 0.717) is 18.5 Å². The molecule has 1 aromatic heterocycles.